The van der Waals surface area contributed by atoms with Gasteiger partial charge in [-0.25, -0.2) is 0 Å². The van der Waals surface area contributed by atoms with Crippen molar-refractivity contribution in [3.05, 3.63) is 65.9 Å². The van der Waals surface area contributed by atoms with Crippen molar-refractivity contribution in [1.29, 1.82) is 0 Å². The van der Waals surface area contributed by atoms with Gasteiger partial charge in [-0.1, -0.05) is 43.7 Å². The van der Waals surface area contributed by atoms with E-state index in [4.69, 9.17) is 9.72 Å². The number of rotatable bonds is 8. The highest BCUT2D eigenvalue weighted by Gasteiger charge is 2.38. The number of aromatic nitrogens is 1. The summed E-state index contributed by atoms with van der Waals surface area (Å²) < 4.78 is 5.99. The summed E-state index contributed by atoms with van der Waals surface area (Å²) in [7, 11) is 6.24. The van der Waals surface area contributed by atoms with Crippen molar-refractivity contribution >= 4 is 16.6 Å². The summed E-state index contributed by atoms with van der Waals surface area (Å²) in [6.07, 6.45) is 4.42. The van der Waals surface area contributed by atoms with Gasteiger partial charge in [0.25, 0.3) is 0 Å². The van der Waals surface area contributed by atoms with Crippen LogP contribution in [0.2, 0.25) is 0 Å². The van der Waals surface area contributed by atoms with Crippen LogP contribution in [0.5, 0.6) is 5.75 Å². The van der Waals surface area contributed by atoms with E-state index < -0.39 is 0 Å². The van der Waals surface area contributed by atoms with E-state index >= 15 is 0 Å². The average molecular weight is 530 g/mol. The van der Waals surface area contributed by atoms with Gasteiger partial charge in [-0.15, -0.1) is 0 Å². The Balaban J connectivity index is 1.41. The summed E-state index contributed by atoms with van der Waals surface area (Å²) in [6, 6.07) is 21.2. The lowest BCUT2D eigenvalue weighted by Crippen LogP contribution is -2.55. The first-order valence-electron chi connectivity index (χ1n) is 14.8. The molecule has 3 atom stereocenters. The average Bonchev–Trinajstić information content (AvgIpc) is 2.95. The molecule has 0 saturated carbocycles. The van der Waals surface area contributed by atoms with Gasteiger partial charge in [-0.3, -0.25) is 14.8 Å². The molecule has 1 unspecified atom stereocenters. The van der Waals surface area contributed by atoms with Crippen LogP contribution in [-0.4, -0.2) is 74.3 Å². The molecule has 3 heterocycles. The zero-order chi connectivity index (χ0) is 27.6. The van der Waals surface area contributed by atoms with Crippen LogP contribution in [0.4, 0.5) is 5.69 Å². The van der Waals surface area contributed by atoms with Gasteiger partial charge in [0.15, 0.2) is 0 Å². The third kappa shape index (κ3) is 5.65. The minimum absolute atomic E-state index is 0.0794. The third-order valence-electron chi connectivity index (χ3n) is 9.05. The van der Waals surface area contributed by atoms with Crippen molar-refractivity contribution in [1.82, 2.24) is 20.1 Å². The topological polar surface area (TPSA) is 43.9 Å². The number of nitrogens with zero attached hydrogens (tertiary/aromatic N) is 4. The van der Waals surface area contributed by atoms with E-state index in [0.717, 1.165) is 74.2 Å². The fraction of sp³-hybridized carbons (Fsp3) is 0.545. The first-order chi connectivity index (χ1) is 18.8. The molecule has 6 heteroatoms. The Hall–Kier alpha value is -2.67. The molecular weight excluding hydrogens is 482 g/mol. The van der Waals surface area contributed by atoms with Crippen molar-refractivity contribution in [2.45, 2.75) is 70.1 Å². The number of anilines is 1. The lowest BCUT2D eigenvalue weighted by atomic mass is 9.79. The molecule has 5 rings (SSSR count). The predicted octanol–water partition coefficient (Wildman–Crippen LogP) is 5.82. The molecule has 0 radical (unpaired) electrons. The van der Waals surface area contributed by atoms with Crippen LogP contribution in [-0.2, 0) is 5.54 Å². The number of fused-ring (bicyclic) bond motifs is 1. The SMILES string of the molecule is CCCC(c1cc(OC)c2cc(N3CCC(c4ccccc4)(N(C)C)CC3)ccc2n1)N1C[C@@H](C)N[C@@H](C)C1. The van der Waals surface area contributed by atoms with Gasteiger partial charge >= 0.3 is 0 Å². The zero-order valence-corrected chi connectivity index (χ0v) is 24.8. The molecule has 1 aromatic heterocycles. The predicted molar refractivity (Wildman–Crippen MR) is 163 cm³/mol. The normalized spacial score (nSPS) is 22.8. The maximum absolute atomic E-state index is 5.99. The van der Waals surface area contributed by atoms with E-state index in [0.29, 0.717) is 18.1 Å². The first kappa shape index (κ1) is 27.9. The molecular formula is C33H47N5O. The molecule has 2 aliphatic heterocycles. The summed E-state index contributed by atoms with van der Waals surface area (Å²) >= 11 is 0. The Labute approximate surface area is 235 Å². The Morgan fingerprint density at radius 2 is 1.72 bits per heavy atom. The number of hydrogen-bond acceptors (Lipinski definition) is 6. The Kier molecular flexibility index (Phi) is 8.46. The molecule has 3 aromatic rings. The van der Waals surface area contributed by atoms with Crippen LogP contribution >= 0.6 is 0 Å². The number of ether oxygens (including phenoxy) is 1. The number of methoxy groups -OCH3 is 1. The fourth-order valence-corrected chi connectivity index (χ4v) is 7.03. The van der Waals surface area contributed by atoms with E-state index in [2.05, 4.69) is 109 Å². The summed E-state index contributed by atoms with van der Waals surface area (Å²) in [5, 5.41) is 4.77. The monoisotopic (exact) mass is 529 g/mol. The fourth-order valence-electron chi connectivity index (χ4n) is 7.03. The number of piperidine rings is 1. The lowest BCUT2D eigenvalue weighted by molar-refractivity contribution is 0.114. The van der Waals surface area contributed by atoms with E-state index in [9.17, 15) is 0 Å². The second kappa shape index (κ2) is 11.8. The smallest absolute Gasteiger partial charge is 0.130 e. The highest BCUT2D eigenvalue weighted by Crippen LogP contribution is 2.40. The van der Waals surface area contributed by atoms with Gasteiger partial charge < -0.3 is 15.0 Å². The molecule has 2 aromatic carbocycles. The van der Waals surface area contributed by atoms with E-state index in [1.165, 1.54) is 11.3 Å². The van der Waals surface area contributed by atoms with E-state index in [1.54, 1.807) is 7.11 Å². The summed E-state index contributed by atoms with van der Waals surface area (Å²) in [5.74, 6) is 0.929. The highest BCUT2D eigenvalue weighted by atomic mass is 16.5. The molecule has 39 heavy (non-hydrogen) atoms. The number of hydrogen-bond donors (Lipinski definition) is 1. The van der Waals surface area contributed by atoms with Crippen molar-refractivity contribution < 1.29 is 4.74 Å². The summed E-state index contributed by atoms with van der Waals surface area (Å²) in [6.45, 7) is 11.0. The molecule has 1 N–H and O–H groups in total. The molecule has 0 aliphatic carbocycles. The molecule has 6 nitrogen and oxygen atoms in total. The molecule has 0 spiro atoms. The van der Waals surface area contributed by atoms with Gasteiger partial charge in [-0.05, 0) is 71.0 Å². The minimum atomic E-state index is 0.0794. The van der Waals surface area contributed by atoms with Crippen LogP contribution in [0.1, 0.15) is 63.8 Å². The van der Waals surface area contributed by atoms with Crippen molar-refractivity contribution in [2.75, 3.05) is 52.3 Å². The number of benzene rings is 2. The second-order valence-electron chi connectivity index (χ2n) is 12.0. The summed E-state index contributed by atoms with van der Waals surface area (Å²) in [5.41, 5.74) is 4.91. The van der Waals surface area contributed by atoms with Crippen molar-refractivity contribution in [2.24, 2.45) is 0 Å². The van der Waals surface area contributed by atoms with Gasteiger partial charge in [0, 0.05) is 60.9 Å². The van der Waals surface area contributed by atoms with Crippen LogP contribution in [0.3, 0.4) is 0 Å². The van der Waals surface area contributed by atoms with Crippen LogP contribution in [0.25, 0.3) is 10.9 Å². The van der Waals surface area contributed by atoms with Crippen molar-refractivity contribution in [3.63, 3.8) is 0 Å². The maximum Gasteiger partial charge on any atom is 0.130 e. The molecule has 210 valence electrons. The number of piperazine rings is 1. The van der Waals surface area contributed by atoms with Gasteiger partial charge in [0.05, 0.1) is 24.4 Å². The molecule has 2 aliphatic rings. The third-order valence-corrected chi connectivity index (χ3v) is 9.05. The zero-order valence-electron chi connectivity index (χ0n) is 24.8. The minimum Gasteiger partial charge on any atom is -0.496 e. The maximum atomic E-state index is 5.99. The van der Waals surface area contributed by atoms with Gasteiger partial charge in [-0.2, -0.15) is 0 Å². The largest absolute Gasteiger partial charge is 0.496 e. The Bertz CT molecular complexity index is 1230. The van der Waals surface area contributed by atoms with Crippen LogP contribution < -0.4 is 15.0 Å². The van der Waals surface area contributed by atoms with Crippen molar-refractivity contribution in [3.8, 4) is 5.75 Å². The van der Waals surface area contributed by atoms with Crippen LogP contribution in [0.15, 0.2) is 54.6 Å². The molecule has 2 saturated heterocycles. The Morgan fingerprint density at radius 1 is 1.03 bits per heavy atom. The number of pyridine rings is 1. The molecule has 0 amide bonds. The second-order valence-corrected chi connectivity index (χ2v) is 12.0. The van der Waals surface area contributed by atoms with Gasteiger partial charge in [0.2, 0.25) is 0 Å². The van der Waals surface area contributed by atoms with Gasteiger partial charge in [0.1, 0.15) is 5.75 Å². The van der Waals surface area contributed by atoms with E-state index in [1.807, 2.05) is 0 Å². The van der Waals surface area contributed by atoms with E-state index in [-0.39, 0.29) is 5.54 Å². The lowest BCUT2D eigenvalue weighted by Gasteiger charge is -2.47. The summed E-state index contributed by atoms with van der Waals surface area (Å²) in [4.78, 5) is 12.8. The Morgan fingerprint density at radius 3 is 2.33 bits per heavy atom. The van der Waals surface area contributed by atoms with Crippen LogP contribution in [0, 0.1) is 0 Å². The number of nitrogens with one attached hydrogen (secondary N) is 1. The highest BCUT2D eigenvalue weighted by molar-refractivity contribution is 5.88. The quantitative estimate of drug-likeness (QED) is 0.396. The molecule has 2 fully saturated rings. The molecule has 0 bridgehead atoms. The standard InChI is InChI=1S/C33H47N5O/c1-7-11-31(38-22-24(2)34-25(3)23-38)30-21-32(39-6)28-20-27(14-15-29(28)35-30)37-18-16-33(17-19-37,36(4)5)26-12-9-8-10-13-26/h8-10,12-15,20-21,24-25,31,34H,7,11,16-19,22-23H2,1-6H3/t24-,25+,31?. The first-order valence-corrected chi connectivity index (χ1v) is 14.8.